The van der Waals surface area contributed by atoms with E-state index in [1.807, 2.05) is 12.1 Å². The Morgan fingerprint density at radius 1 is 1.30 bits per heavy atom. The summed E-state index contributed by atoms with van der Waals surface area (Å²) in [7, 11) is 0. The van der Waals surface area contributed by atoms with E-state index in [0.717, 1.165) is 37.4 Å². The number of ether oxygens (including phenoxy) is 2. The van der Waals surface area contributed by atoms with Crippen molar-refractivity contribution in [2.45, 2.75) is 38.5 Å². The van der Waals surface area contributed by atoms with E-state index in [1.165, 1.54) is 5.56 Å². The number of morpholine rings is 1. The summed E-state index contributed by atoms with van der Waals surface area (Å²) >= 11 is 0. The molecule has 2 heterocycles. The van der Waals surface area contributed by atoms with Gasteiger partial charge in [0.05, 0.1) is 13.2 Å². The van der Waals surface area contributed by atoms with Gasteiger partial charge in [0, 0.05) is 25.6 Å². The van der Waals surface area contributed by atoms with Crippen LogP contribution in [-0.4, -0.2) is 48.5 Å². The van der Waals surface area contributed by atoms with Crippen LogP contribution in [0.1, 0.15) is 31.1 Å². The molecule has 0 spiro atoms. The van der Waals surface area contributed by atoms with E-state index < -0.39 is 6.10 Å². The van der Waals surface area contributed by atoms with Crippen molar-refractivity contribution in [1.29, 1.82) is 0 Å². The molecule has 2 unspecified atom stereocenters. The van der Waals surface area contributed by atoms with Gasteiger partial charge in [-0.05, 0) is 37.1 Å². The van der Waals surface area contributed by atoms with Gasteiger partial charge in [-0.15, -0.1) is 0 Å². The number of fused-ring (bicyclic) bond motifs is 1. The topological polar surface area (TPSA) is 41.9 Å². The highest BCUT2D eigenvalue weighted by Crippen LogP contribution is 2.30. The van der Waals surface area contributed by atoms with Crippen LogP contribution in [0.15, 0.2) is 18.2 Å². The number of aliphatic hydroxyl groups excluding tert-OH is 1. The lowest BCUT2D eigenvalue weighted by Crippen LogP contribution is -2.47. The van der Waals surface area contributed by atoms with Gasteiger partial charge >= 0.3 is 0 Å². The number of rotatable bonds is 3. The normalized spacial score (nSPS) is 24.5. The Balaban J connectivity index is 1.73. The first-order valence-corrected chi connectivity index (χ1v) is 7.44. The third-order valence-electron chi connectivity index (χ3n) is 4.26. The third-order valence-corrected chi connectivity index (χ3v) is 4.26. The minimum atomic E-state index is -0.567. The van der Waals surface area contributed by atoms with E-state index in [-0.39, 0.29) is 6.10 Å². The summed E-state index contributed by atoms with van der Waals surface area (Å²) in [4.78, 5) is 2.36. The van der Waals surface area contributed by atoms with Gasteiger partial charge in [0.1, 0.15) is 18.0 Å². The summed E-state index contributed by atoms with van der Waals surface area (Å²) in [6.07, 6.45) is 0.216. The van der Waals surface area contributed by atoms with Crippen LogP contribution in [0.25, 0.3) is 0 Å². The van der Waals surface area contributed by atoms with Crippen LogP contribution in [0.5, 0.6) is 5.75 Å². The second kappa shape index (κ2) is 5.72. The van der Waals surface area contributed by atoms with Gasteiger partial charge in [-0.1, -0.05) is 6.07 Å². The van der Waals surface area contributed by atoms with Crippen molar-refractivity contribution in [3.8, 4) is 5.75 Å². The highest BCUT2D eigenvalue weighted by molar-refractivity contribution is 5.40. The standard InChI is InChI=1S/C16H23NO3/c1-11(2)17-6-8-20-15(10-17)16(18)13-3-4-14-12(9-13)5-7-19-14/h3-4,9,11,15-16,18H,5-8,10H2,1-2H3. The van der Waals surface area contributed by atoms with Gasteiger partial charge in [0.2, 0.25) is 0 Å². The molecule has 1 saturated heterocycles. The molecule has 2 atom stereocenters. The van der Waals surface area contributed by atoms with Crippen molar-refractivity contribution in [2.75, 3.05) is 26.3 Å². The van der Waals surface area contributed by atoms with Crippen LogP contribution < -0.4 is 4.74 Å². The number of hydrogen-bond acceptors (Lipinski definition) is 4. The minimum absolute atomic E-state index is 0.147. The SMILES string of the molecule is CC(C)N1CCOC(C(O)c2ccc3c(c2)CCO3)C1. The fourth-order valence-electron chi connectivity index (χ4n) is 2.96. The van der Waals surface area contributed by atoms with E-state index in [1.54, 1.807) is 0 Å². The predicted molar refractivity (Wildman–Crippen MR) is 77.0 cm³/mol. The van der Waals surface area contributed by atoms with Crippen LogP contribution in [0.3, 0.4) is 0 Å². The Morgan fingerprint density at radius 2 is 2.15 bits per heavy atom. The van der Waals surface area contributed by atoms with Gasteiger partial charge in [0.25, 0.3) is 0 Å². The molecule has 1 N–H and O–H groups in total. The largest absolute Gasteiger partial charge is 0.493 e. The van der Waals surface area contributed by atoms with Crippen LogP contribution in [0.2, 0.25) is 0 Å². The average Bonchev–Trinajstić information content (AvgIpc) is 2.94. The second-order valence-corrected chi connectivity index (χ2v) is 5.91. The van der Waals surface area contributed by atoms with Crippen molar-refractivity contribution in [3.63, 3.8) is 0 Å². The van der Waals surface area contributed by atoms with E-state index in [0.29, 0.717) is 12.6 Å². The molecule has 0 saturated carbocycles. The van der Waals surface area contributed by atoms with E-state index in [2.05, 4.69) is 24.8 Å². The van der Waals surface area contributed by atoms with Crippen molar-refractivity contribution in [3.05, 3.63) is 29.3 Å². The molecule has 1 fully saturated rings. The third kappa shape index (κ3) is 2.68. The van der Waals surface area contributed by atoms with E-state index in [9.17, 15) is 5.11 Å². The molecule has 0 radical (unpaired) electrons. The van der Waals surface area contributed by atoms with Crippen LogP contribution in [0.4, 0.5) is 0 Å². The first kappa shape index (κ1) is 13.9. The minimum Gasteiger partial charge on any atom is -0.493 e. The summed E-state index contributed by atoms with van der Waals surface area (Å²) in [5, 5.41) is 10.6. The van der Waals surface area contributed by atoms with Crippen molar-refractivity contribution < 1.29 is 14.6 Å². The molecule has 0 aromatic heterocycles. The summed E-state index contributed by atoms with van der Waals surface area (Å²) < 4.78 is 11.3. The van der Waals surface area contributed by atoms with Gasteiger partial charge in [0.15, 0.2) is 0 Å². The highest BCUT2D eigenvalue weighted by atomic mass is 16.5. The zero-order valence-electron chi connectivity index (χ0n) is 12.2. The molecule has 110 valence electrons. The average molecular weight is 277 g/mol. The van der Waals surface area contributed by atoms with Crippen LogP contribution >= 0.6 is 0 Å². The molecule has 0 amide bonds. The van der Waals surface area contributed by atoms with Crippen molar-refractivity contribution >= 4 is 0 Å². The Morgan fingerprint density at radius 3 is 2.95 bits per heavy atom. The molecule has 4 heteroatoms. The maximum absolute atomic E-state index is 10.6. The Hall–Kier alpha value is -1.10. The molecule has 3 rings (SSSR count). The van der Waals surface area contributed by atoms with Gasteiger partial charge in [-0.2, -0.15) is 0 Å². The second-order valence-electron chi connectivity index (χ2n) is 5.91. The van der Waals surface area contributed by atoms with Crippen molar-refractivity contribution in [1.82, 2.24) is 4.90 Å². The van der Waals surface area contributed by atoms with E-state index >= 15 is 0 Å². The Kier molecular flexibility index (Phi) is 3.96. The highest BCUT2D eigenvalue weighted by Gasteiger charge is 2.29. The molecular weight excluding hydrogens is 254 g/mol. The molecular formula is C16H23NO3. The Bertz CT molecular complexity index is 475. The maximum atomic E-state index is 10.6. The fraction of sp³-hybridized carbons (Fsp3) is 0.625. The number of nitrogens with zero attached hydrogens (tertiary/aromatic N) is 1. The number of hydrogen-bond donors (Lipinski definition) is 1. The first-order chi connectivity index (χ1) is 9.65. The molecule has 4 nitrogen and oxygen atoms in total. The molecule has 1 aromatic rings. The van der Waals surface area contributed by atoms with Gasteiger partial charge in [-0.3, -0.25) is 4.90 Å². The molecule has 0 aliphatic carbocycles. The molecule has 2 aliphatic rings. The zero-order valence-corrected chi connectivity index (χ0v) is 12.2. The molecule has 1 aromatic carbocycles. The van der Waals surface area contributed by atoms with Gasteiger partial charge in [-0.25, -0.2) is 0 Å². The fourth-order valence-corrected chi connectivity index (χ4v) is 2.96. The first-order valence-electron chi connectivity index (χ1n) is 7.44. The Labute approximate surface area is 120 Å². The summed E-state index contributed by atoms with van der Waals surface area (Å²) in [6, 6.07) is 6.46. The predicted octanol–water partition coefficient (Wildman–Crippen LogP) is 1.76. The van der Waals surface area contributed by atoms with Crippen LogP contribution in [-0.2, 0) is 11.2 Å². The van der Waals surface area contributed by atoms with E-state index in [4.69, 9.17) is 9.47 Å². The molecule has 20 heavy (non-hydrogen) atoms. The molecule has 2 aliphatic heterocycles. The molecule has 0 bridgehead atoms. The number of benzene rings is 1. The summed E-state index contributed by atoms with van der Waals surface area (Å²) in [5.41, 5.74) is 2.13. The van der Waals surface area contributed by atoms with Crippen LogP contribution in [0, 0.1) is 0 Å². The smallest absolute Gasteiger partial charge is 0.122 e. The zero-order chi connectivity index (χ0) is 14.1. The van der Waals surface area contributed by atoms with Crippen molar-refractivity contribution in [2.24, 2.45) is 0 Å². The number of aliphatic hydroxyl groups is 1. The summed E-state index contributed by atoms with van der Waals surface area (Å²) in [6.45, 7) is 7.53. The lowest BCUT2D eigenvalue weighted by Gasteiger charge is -2.37. The quantitative estimate of drug-likeness (QED) is 0.914. The maximum Gasteiger partial charge on any atom is 0.122 e. The lowest BCUT2D eigenvalue weighted by atomic mass is 9.99. The lowest BCUT2D eigenvalue weighted by molar-refractivity contribution is -0.0961. The summed E-state index contributed by atoms with van der Waals surface area (Å²) in [5.74, 6) is 0.953. The van der Waals surface area contributed by atoms with Gasteiger partial charge < -0.3 is 14.6 Å². The monoisotopic (exact) mass is 277 g/mol.